The summed E-state index contributed by atoms with van der Waals surface area (Å²) < 4.78 is 44.7. The van der Waals surface area contributed by atoms with E-state index in [-0.39, 0.29) is 81.9 Å². The molecule has 6 aliphatic rings. The van der Waals surface area contributed by atoms with Crippen molar-refractivity contribution < 1.29 is 47.0 Å². The van der Waals surface area contributed by atoms with E-state index in [1.54, 1.807) is 24.4 Å². The first-order chi connectivity index (χ1) is 36.5. The summed E-state index contributed by atoms with van der Waals surface area (Å²) in [6, 6.07) is 13.0. The zero-order chi connectivity index (χ0) is 54.5. The summed E-state index contributed by atoms with van der Waals surface area (Å²) in [5, 5.41) is 5.24. The Bertz CT molecular complexity index is 3390. The topological polar surface area (TPSA) is 245 Å². The van der Waals surface area contributed by atoms with E-state index in [0.717, 1.165) is 85.6 Å². The van der Waals surface area contributed by atoms with E-state index in [0.29, 0.717) is 29.4 Å². The number of fused-ring (bicyclic) bond motifs is 4. The quantitative estimate of drug-likeness (QED) is 0.106. The van der Waals surface area contributed by atoms with Crippen LogP contribution < -0.4 is 30.9 Å². The number of pyridine rings is 3. The summed E-state index contributed by atoms with van der Waals surface area (Å²) in [4.78, 5) is 117. The minimum absolute atomic E-state index is 0.0517. The highest BCUT2D eigenvalue weighted by molar-refractivity contribution is 7.46. The second-order valence-electron chi connectivity index (χ2n) is 20.8. The molecule has 2 atom stereocenters. The molecule has 0 radical (unpaired) electrons. The number of phosphoric ester groups is 1. The lowest BCUT2D eigenvalue weighted by Crippen LogP contribution is -2.57. The van der Waals surface area contributed by atoms with E-state index in [1.165, 1.54) is 23.2 Å². The third-order valence-electron chi connectivity index (χ3n) is 15.4. The fourth-order valence-electron chi connectivity index (χ4n) is 11.8. The van der Waals surface area contributed by atoms with E-state index < -0.39 is 56.6 Å². The molecule has 386 valence electrons. The molecule has 4 aromatic heterocycles. The van der Waals surface area contributed by atoms with Crippen molar-refractivity contribution in [2.24, 2.45) is 12.4 Å². The molecule has 0 saturated carbocycles. The molecular formula is C52H58N11O10P. The SMILES string of the molecule is [2H]C([2H])([2H])n1cc(-c2ccnc(N3CCn4c(cc5c4CC(C)(C)C5)C3=O)c2COP(=O)(O)O)cc(Nc2ccc(N3CCN(C4CCN(c5ccc6c(c5)C(=O)N(C5CCC(=O)NC5=O)C6=O)CC4)C[C@@H]3C)cn2)c1=O. The molecule has 5 aromatic rings. The first-order valence-corrected chi connectivity index (χ1v) is 26.4. The number of piperazine rings is 1. The summed E-state index contributed by atoms with van der Waals surface area (Å²) in [5.74, 6) is -2.17. The molecule has 1 aromatic carbocycles. The van der Waals surface area contributed by atoms with Gasteiger partial charge in [0.25, 0.3) is 23.3 Å². The van der Waals surface area contributed by atoms with Gasteiger partial charge in [0, 0.05) is 110 Å². The molecule has 22 heteroatoms. The number of aromatic nitrogens is 4. The van der Waals surface area contributed by atoms with E-state index in [9.17, 15) is 43.1 Å². The maximum absolute atomic E-state index is 14.2. The van der Waals surface area contributed by atoms with Gasteiger partial charge in [0.1, 0.15) is 29.1 Å². The summed E-state index contributed by atoms with van der Waals surface area (Å²) in [6.07, 6.45) is 7.77. The Kier molecular flexibility index (Phi) is 11.5. The Morgan fingerprint density at radius 2 is 1.65 bits per heavy atom. The van der Waals surface area contributed by atoms with Gasteiger partial charge in [0.2, 0.25) is 11.8 Å². The van der Waals surface area contributed by atoms with Gasteiger partial charge >= 0.3 is 7.82 Å². The number of amides is 5. The van der Waals surface area contributed by atoms with Crippen LogP contribution in [0.15, 0.2) is 71.9 Å². The van der Waals surface area contributed by atoms with E-state index >= 15 is 0 Å². The lowest BCUT2D eigenvalue weighted by molar-refractivity contribution is -0.136. The molecule has 3 fully saturated rings. The van der Waals surface area contributed by atoms with Crippen LogP contribution in [0.4, 0.5) is 28.7 Å². The molecule has 9 heterocycles. The Morgan fingerprint density at radius 1 is 0.865 bits per heavy atom. The van der Waals surface area contributed by atoms with Crippen LogP contribution in [0.3, 0.4) is 0 Å². The first kappa shape index (κ1) is 45.6. The van der Waals surface area contributed by atoms with Crippen molar-refractivity contribution in [2.45, 2.75) is 90.6 Å². The third kappa shape index (κ3) is 9.10. The molecule has 74 heavy (non-hydrogen) atoms. The fourth-order valence-corrected chi connectivity index (χ4v) is 12.1. The zero-order valence-electron chi connectivity index (χ0n) is 44.1. The minimum Gasteiger partial charge on any atom is -0.371 e. The summed E-state index contributed by atoms with van der Waals surface area (Å²) in [6.45, 7) is 7.26. The number of nitrogens with one attached hydrogen (secondary N) is 2. The number of carbonyl (C=O) groups is 5. The van der Waals surface area contributed by atoms with Gasteiger partial charge in [0.15, 0.2) is 0 Å². The van der Waals surface area contributed by atoms with Crippen molar-refractivity contribution in [1.82, 2.24) is 34.2 Å². The number of anilines is 5. The highest BCUT2D eigenvalue weighted by atomic mass is 31.2. The number of piperidine rings is 2. The number of nitrogens with zero attached hydrogens (tertiary/aromatic N) is 9. The van der Waals surface area contributed by atoms with Crippen LogP contribution in [0, 0.1) is 5.41 Å². The van der Waals surface area contributed by atoms with E-state index in [1.807, 2.05) is 22.8 Å². The fraction of sp³-hybridized carbons (Fsp3) is 0.423. The van der Waals surface area contributed by atoms with Crippen molar-refractivity contribution in [3.8, 4) is 11.1 Å². The molecule has 0 bridgehead atoms. The maximum atomic E-state index is 14.2. The maximum Gasteiger partial charge on any atom is 0.469 e. The smallest absolute Gasteiger partial charge is 0.371 e. The van der Waals surface area contributed by atoms with Crippen LogP contribution in [-0.2, 0) is 51.6 Å². The van der Waals surface area contributed by atoms with Gasteiger partial charge < -0.3 is 34.0 Å². The van der Waals surface area contributed by atoms with Crippen molar-refractivity contribution in [3.05, 3.63) is 111 Å². The highest BCUT2D eigenvalue weighted by Crippen LogP contribution is 2.43. The van der Waals surface area contributed by atoms with Crippen molar-refractivity contribution >= 4 is 66.1 Å². The third-order valence-corrected chi connectivity index (χ3v) is 15.9. The van der Waals surface area contributed by atoms with E-state index in [4.69, 9.17) is 8.64 Å². The number of rotatable bonds is 11. The van der Waals surface area contributed by atoms with Crippen molar-refractivity contribution in [2.75, 3.05) is 59.3 Å². The molecule has 5 aliphatic heterocycles. The second kappa shape index (κ2) is 18.7. The molecule has 21 nitrogen and oxygen atoms in total. The van der Waals surface area contributed by atoms with Crippen molar-refractivity contribution in [3.63, 3.8) is 0 Å². The highest BCUT2D eigenvalue weighted by Gasteiger charge is 2.45. The van der Waals surface area contributed by atoms with Crippen LogP contribution in [0.5, 0.6) is 0 Å². The predicted molar refractivity (Wildman–Crippen MR) is 273 cm³/mol. The van der Waals surface area contributed by atoms with Crippen LogP contribution in [-0.4, -0.2) is 126 Å². The average molecular weight is 1030 g/mol. The van der Waals surface area contributed by atoms with Crippen LogP contribution in [0.25, 0.3) is 11.1 Å². The number of hydrogen-bond donors (Lipinski definition) is 4. The Balaban J connectivity index is 0.767. The normalized spacial score (nSPS) is 22.1. The van der Waals surface area contributed by atoms with Crippen molar-refractivity contribution in [1.29, 1.82) is 0 Å². The van der Waals surface area contributed by atoms with Gasteiger partial charge in [-0.05, 0) is 104 Å². The molecule has 11 rings (SSSR count). The standard InChI is InChI=1S/C52H58N11O10P/c1-30-27-59(33-12-15-58(16-13-33)34-5-7-37-38(23-34)49(67)63(48(37)66)41-8-10-45(64)56-47(41)65)17-18-60(30)35-6-9-44(54-26-35)55-40-21-32(28-57(4)50(40)68)36-11-14-53-46(39(36)29-73-74(70,71)72)62-20-19-61-42(51(62)69)22-31-24-52(2,3)25-43(31)61/h5-7,9,11,14,21-23,26,28,30,33,41H,8,10,12-13,15-20,24-25,27,29H2,1-4H3,(H,54,55)(H,56,64,65)(H2,70,71,72)/t30-,41?/m0/s1/i4D3. The number of imide groups is 2. The van der Waals surface area contributed by atoms with Gasteiger partial charge in [0.05, 0.1) is 29.6 Å². The van der Waals surface area contributed by atoms with Crippen LogP contribution >= 0.6 is 7.82 Å². The predicted octanol–water partition coefficient (Wildman–Crippen LogP) is 4.36. The van der Waals surface area contributed by atoms with E-state index in [2.05, 4.69) is 56.1 Å². The number of benzene rings is 1. The number of phosphoric acid groups is 1. The molecule has 1 unspecified atom stereocenters. The number of hydrogen-bond acceptors (Lipinski definition) is 14. The molecule has 0 spiro atoms. The monoisotopic (exact) mass is 1030 g/mol. The average Bonchev–Trinajstić information content (AvgIpc) is 4.03. The largest absolute Gasteiger partial charge is 0.469 e. The van der Waals surface area contributed by atoms with Crippen LogP contribution in [0.1, 0.15) is 98.6 Å². The Morgan fingerprint density at radius 3 is 2.38 bits per heavy atom. The van der Waals surface area contributed by atoms with Gasteiger partial charge in [-0.15, -0.1) is 0 Å². The molecule has 3 saturated heterocycles. The lowest BCUT2D eigenvalue weighted by Gasteiger charge is -2.46. The summed E-state index contributed by atoms with van der Waals surface area (Å²) in [5.41, 5.74) is 4.38. The zero-order valence-corrected chi connectivity index (χ0v) is 42.0. The van der Waals surface area contributed by atoms with Gasteiger partial charge in [-0.25, -0.2) is 14.5 Å². The number of carbonyl (C=O) groups excluding carboxylic acids is 5. The lowest BCUT2D eigenvalue weighted by atomic mass is 9.90. The van der Waals surface area contributed by atoms with Gasteiger partial charge in [-0.1, -0.05) is 13.8 Å². The molecule has 1 aliphatic carbocycles. The Labute approximate surface area is 430 Å². The summed E-state index contributed by atoms with van der Waals surface area (Å²) >= 11 is 0. The molecular weight excluding hydrogens is 970 g/mol. The second-order valence-corrected chi connectivity index (χ2v) is 22.1. The molecule has 5 amide bonds. The van der Waals surface area contributed by atoms with Gasteiger partial charge in [-0.2, -0.15) is 0 Å². The van der Waals surface area contributed by atoms with Gasteiger partial charge in [-0.3, -0.25) is 53.3 Å². The minimum atomic E-state index is -5.07. The van der Waals surface area contributed by atoms with Crippen LogP contribution in [0.2, 0.25) is 0 Å². The number of aryl methyl sites for hydroxylation is 1. The molecule has 4 N–H and O–H groups in total. The summed E-state index contributed by atoms with van der Waals surface area (Å²) in [7, 11) is -5.07. The first-order valence-electron chi connectivity index (χ1n) is 26.3. The Hall–Kier alpha value is -7.03.